The molecule has 2 saturated heterocycles. The van der Waals surface area contributed by atoms with Crippen molar-refractivity contribution < 1.29 is 28.7 Å². The van der Waals surface area contributed by atoms with Gasteiger partial charge in [-0.15, -0.1) is 0 Å². The summed E-state index contributed by atoms with van der Waals surface area (Å²) in [5, 5.41) is 20.8. The molecule has 17 nitrogen and oxygen atoms in total. The summed E-state index contributed by atoms with van der Waals surface area (Å²) in [7, 11) is 0. The van der Waals surface area contributed by atoms with E-state index in [9.17, 15) is 24.0 Å². The molecule has 9 rings (SSSR count). The Morgan fingerprint density at radius 3 is 2.02 bits per heavy atom. The van der Waals surface area contributed by atoms with E-state index in [-0.39, 0.29) is 41.8 Å². The first-order valence-corrected chi connectivity index (χ1v) is 19.3. The number of halogens is 2. The SMILES string of the molecule is CC(C)(C)OC(=O)N(c1cc(Cl)nc2c(/C=C3\CC(=O)NC3=O)cnn12)C1CC1.O=C1C/C(=C\c2cnn3c(NC4CC4)cc(Nc4ccccc4Cl)nc23)C(=O)N1. The van der Waals surface area contributed by atoms with Crippen LogP contribution in [0.4, 0.5) is 27.9 Å². The summed E-state index contributed by atoms with van der Waals surface area (Å²) < 4.78 is 8.77. The smallest absolute Gasteiger partial charge is 0.416 e. The predicted octanol–water partition coefficient (Wildman–Crippen LogP) is 5.85. The first-order chi connectivity index (χ1) is 27.7. The van der Waals surface area contributed by atoms with Gasteiger partial charge in [0.25, 0.3) is 11.8 Å². The molecule has 2 aliphatic carbocycles. The zero-order valence-corrected chi connectivity index (χ0v) is 33.0. The average molecular weight is 827 g/mol. The fraction of sp³-hybridized carbons (Fsp3) is 0.308. The van der Waals surface area contributed by atoms with Crippen molar-refractivity contribution in [3.63, 3.8) is 0 Å². The van der Waals surface area contributed by atoms with Gasteiger partial charge in [0.2, 0.25) is 11.8 Å². The number of ether oxygens (including phenoxy) is 1. The number of carbonyl (C=O) groups is 5. The number of para-hydroxylation sites is 1. The lowest BCUT2D eigenvalue weighted by molar-refractivity contribution is -0.125. The zero-order chi connectivity index (χ0) is 40.9. The molecule has 58 heavy (non-hydrogen) atoms. The zero-order valence-electron chi connectivity index (χ0n) is 31.5. The molecule has 0 atom stereocenters. The number of benzene rings is 1. The highest BCUT2D eigenvalue weighted by Crippen LogP contribution is 2.35. The minimum Gasteiger partial charge on any atom is -0.443 e. The van der Waals surface area contributed by atoms with Gasteiger partial charge < -0.3 is 15.4 Å². The summed E-state index contributed by atoms with van der Waals surface area (Å²) in [5.41, 5.74) is 2.93. The summed E-state index contributed by atoms with van der Waals surface area (Å²) in [6.07, 6.45) is 9.86. The number of hydrogen-bond acceptors (Lipinski definition) is 12. The number of anilines is 4. The van der Waals surface area contributed by atoms with Crippen LogP contribution in [0.5, 0.6) is 0 Å². The average Bonchev–Trinajstić information content (AvgIpc) is 4.02. The number of amides is 5. The van der Waals surface area contributed by atoms with Crippen molar-refractivity contribution in [1.82, 2.24) is 39.8 Å². The maximum absolute atomic E-state index is 12.9. The van der Waals surface area contributed by atoms with Crippen LogP contribution in [0.2, 0.25) is 10.2 Å². The minimum atomic E-state index is -0.651. The highest BCUT2D eigenvalue weighted by Gasteiger charge is 2.38. The molecule has 19 heteroatoms. The van der Waals surface area contributed by atoms with Gasteiger partial charge in [-0.1, -0.05) is 35.3 Å². The third-order valence-electron chi connectivity index (χ3n) is 9.21. The van der Waals surface area contributed by atoms with E-state index in [4.69, 9.17) is 27.9 Å². The minimum absolute atomic E-state index is 0.00393. The van der Waals surface area contributed by atoms with Crippen LogP contribution in [0.25, 0.3) is 23.4 Å². The van der Waals surface area contributed by atoms with Crippen molar-refractivity contribution in [3.8, 4) is 0 Å². The first kappa shape index (κ1) is 38.5. The molecular formula is C39H37Cl2N11O6. The lowest BCUT2D eigenvalue weighted by Crippen LogP contribution is -2.39. The Morgan fingerprint density at radius 1 is 0.862 bits per heavy atom. The third kappa shape index (κ3) is 8.50. The normalized spacial score (nSPS) is 18.1. The summed E-state index contributed by atoms with van der Waals surface area (Å²) >= 11 is 12.5. The molecule has 1 aromatic carbocycles. The van der Waals surface area contributed by atoms with Crippen molar-refractivity contribution in [2.75, 3.05) is 15.5 Å². The van der Waals surface area contributed by atoms with Crippen LogP contribution < -0.4 is 26.2 Å². The van der Waals surface area contributed by atoms with Gasteiger partial charge in [0, 0.05) is 46.5 Å². The van der Waals surface area contributed by atoms with E-state index in [0.29, 0.717) is 56.3 Å². The van der Waals surface area contributed by atoms with Gasteiger partial charge in [0.15, 0.2) is 11.3 Å². The Hall–Kier alpha value is -6.33. The number of nitrogens with zero attached hydrogens (tertiary/aromatic N) is 7. The molecule has 4 aliphatic rings. The third-order valence-corrected chi connectivity index (χ3v) is 9.74. The largest absolute Gasteiger partial charge is 0.443 e. The van der Waals surface area contributed by atoms with E-state index in [1.165, 1.54) is 10.7 Å². The lowest BCUT2D eigenvalue weighted by atomic mass is 10.1. The van der Waals surface area contributed by atoms with E-state index < -0.39 is 17.6 Å². The standard InChI is InChI=1S/C20H17ClN6O2.C19H20ClN5O4/c21-14-3-1-2-4-15(14)24-16-9-17(23-13-5-6-13)27-19(25-16)12(10-22-27)7-11-8-18(28)26-20(11)29;1-19(2,3)29-18(28)24(12-4-5-12)15-8-13(20)22-16-11(9-21-25(15)16)6-10-7-14(26)23-17(10)27/h1-4,7,9-10,13,23H,5-6,8H2,(H,24,25)(H,26,28,29);6,8-9,12H,4-5,7H2,1-3H3,(H,23,26,27)/b11-7+;10-6+. The molecular weight excluding hydrogens is 789 g/mol. The lowest BCUT2D eigenvalue weighted by Gasteiger charge is -2.27. The maximum atomic E-state index is 12.9. The molecule has 0 unspecified atom stereocenters. The monoisotopic (exact) mass is 825 g/mol. The van der Waals surface area contributed by atoms with Gasteiger partial charge >= 0.3 is 6.09 Å². The molecule has 0 spiro atoms. The Balaban J connectivity index is 0.000000162. The molecule has 2 saturated carbocycles. The molecule has 0 bridgehead atoms. The van der Waals surface area contributed by atoms with Gasteiger partial charge in [-0.3, -0.25) is 34.7 Å². The van der Waals surface area contributed by atoms with Crippen LogP contribution in [-0.4, -0.2) is 76.6 Å². The molecule has 6 heterocycles. The maximum Gasteiger partial charge on any atom is 0.416 e. The van der Waals surface area contributed by atoms with Crippen molar-refractivity contribution in [2.24, 2.45) is 0 Å². The van der Waals surface area contributed by atoms with Crippen LogP contribution in [-0.2, 0) is 23.9 Å². The number of rotatable bonds is 8. The molecule has 5 amide bonds. The highest BCUT2D eigenvalue weighted by molar-refractivity contribution is 6.33. The van der Waals surface area contributed by atoms with E-state index >= 15 is 0 Å². The second-order valence-electron chi connectivity index (χ2n) is 15.2. The number of fused-ring (bicyclic) bond motifs is 2. The van der Waals surface area contributed by atoms with Crippen LogP contribution >= 0.6 is 23.2 Å². The molecule has 4 fully saturated rings. The van der Waals surface area contributed by atoms with E-state index in [1.807, 2.05) is 24.3 Å². The van der Waals surface area contributed by atoms with Crippen LogP contribution in [0.1, 0.15) is 70.4 Å². The quantitative estimate of drug-likeness (QED) is 0.0827. The van der Waals surface area contributed by atoms with E-state index in [0.717, 1.165) is 37.2 Å². The van der Waals surface area contributed by atoms with E-state index in [2.05, 4.69) is 41.4 Å². The summed E-state index contributed by atoms with van der Waals surface area (Å²) in [6.45, 7) is 5.41. The van der Waals surface area contributed by atoms with Crippen LogP contribution in [0.15, 0.2) is 59.9 Å². The second-order valence-corrected chi connectivity index (χ2v) is 16.0. The summed E-state index contributed by atoms with van der Waals surface area (Å²) in [6, 6.07) is 11.3. The fourth-order valence-corrected chi connectivity index (χ4v) is 6.65. The van der Waals surface area contributed by atoms with E-state index in [1.54, 1.807) is 60.7 Å². The molecule has 2 aliphatic heterocycles. The Kier molecular flexibility index (Phi) is 10.1. The summed E-state index contributed by atoms with van der Waals surface area (Å²) in [4.78, 5) is 70.1. The topological polar surface area (TPSA) is 206 Å². The second kappa shape index (κ2) is 15.2. The Bertz CT molecular complexity index is 2600. The van der Waals surface area contributed by atoms with Gasteiger partial charge in [-0.2, -0.15) is 19.2 Å². The van der Waals surface area contributed by atoms with Crippen molar-refractivity contribution in [3.05, 3.63) is 81.2 Å². The fourth-order valence-electron chi connectivity index (χ4n) is 6.29. The number of hydrogen-bond donors (Lipinski definition) is 4. The molecule has 4 aromatic heterocycles. The number of carbonyl (C=O) groups excluding carboxylic acids is 5. The first-order valence-electron chi connectivity index (χ1n) is 18.5. The predicted molar refractivity (Wildman–Crippen MR) is 216 cm³/mol. The molecule has 298 valence electrons. The van der Waals surface area contributed by atoms with Gasteiger partial charge in [0.05, 0.1) is 35.9 Å². The van der Waals surface area contributed by atoms with Crippen molar-refractivity contribution in [1.29, 1.82) is 0 Å². The van der Waals surface area contributed by atoms with Gasteiger partial charge in [0.1, 0.15) is 28.2 Å². The Labute approximate surface area is 340 Å². The number of imide groups is 2. The van der Waals surface area contributed by atoms with Crippen molar-refractivity contribution >= 4 is 99.5 Å². The molecule has 4 N–H and O–H groups in total. The number of aromatic nitrogens is 6. The van der Waals surface area contributed by atoms with Gasteiger partial charge in [-0.05, 0) is 70.7 Å². The molecule has 5 aromatic rings. The van der Waals surface area contributed by atoms with Gasteiger partial charge in [-0.25, -0.2) is 14.8 Å². The molecule has 0 radical (unpaired) electrons. The highest BCUT2D eigenvalue weighted by atomic mass is 35.5. The Morgan fingerprint density at radius 2 is 1.47 bits per heavy atom. The van der Waals surface area contributed by atoms with Crippen LogP contribution in [0, 0.1) is 0 Å². The van der Waals surface area contributed by atoms with Crippen LogP contribution in [0.3, 0.4) is 0 Å². The van der Waals surface area contributed by atoms with Crippen molar-refractivity contribution in [2.45, 2.75) is 77.0 Å². The number of nitrogens with one attached hydrogen (secondary N) is 4. The summed E-state index contributed by atoms with van der Waals surface area (Å²) in [5.74, 6) is 0.357.